The Kier molecular flexibility index (Phi) is 9.36. The van der Waals surface area contributed by atoms with Gasteiger partial charge in [0.25, 0.3) is 5.24 Å². The predicted octanol–water partition coefficient (Wildman–Crippen LogP) is 5.69. The second-order valence-electron chi connectivity index (χ2n) is 9.89. The minimum atomic E-state index is -1.00. The van der Waals surface area contributed by atoms with Crippen molar-refractivity contribution >= 4 is 23.0 Å². The lowest BCUT2D eigenvalue weighted by molar-refractivity contribution is -0.306. The Hall–Kier alpha value is -1.77. The van der Waals surface area contributed by atoms with Crippen molar-refractivity contribution in [3.8, 4) is 5.75 Å². The molecule has 7 nitrogen and oxygen atoms in total. The van der Waals surface area contributed by atoms with Crippen LogP contribution in [0.1, 0.15) is 76.2 Å². The number of methoxy groups -OCH3 is 2. The van der Waals surface area contributed by atoms with Crippen LogP contribution >= 0.6 is 11.8 Å². The van der Waals surface area contributed by atoms with E-state index in [0.29, 0.717) is 31.6 Å². The Morgan fingerprint density at radius 1 is 1.00 bits per heavy atom. The van der Waals surface area contributed by atoms with E-state index in [2.05, 4.69) is 0 Å². The van der Waals surface area contributed by atoms with E-state index < -0.39 is 5.79 Å². The van der Waals surface area contributed by atoms with Gasteiger partial charge in [0.05, 0.1) is 19.3 Å². The number of esters is 1. The molecule has 0 saturated carbocycles. The van der Waals surface area contributed by atoms with Crippen LogP contribution in [0.4, 0.5) is 4.79 Å². The third-order valence-electron chi connectivity index (χ3n) is 7.45. The van der Waals surface area contributed by atoms with Gasteiger partial charge in [0.1, 0.15) is 11.9 Å². The van der Waals surface area contributed by atoms with Gasteiger partial charge in [0.2, 0.25) is 0 Å². The van der Waals surface area contributed by atoms with E-state index in [4.69, 9.17) is 18.9 Å². The van der Waals surface area contributed by atoms with Gasteiger partial charge in [-0.3, -0.25) is 9.59 Å². The van der Waals surface area contributed by atoms with E-state index in [1.807, 2.05) is 29.2 Å². The molecule has 3 saturated heterocycles. The maximum atomic E-state index is 13.0. The summed E-state index contributed by atoms with van der Waals surface area (Å²) in [7, 11) is 3.29. The molecular formula is C27H39NO6S. The first kappa shape index (κ1) is 26.3. The van der Waals surface area contributed by atoms with E-state index >= 15 is 0 Å². The van der Waals surface area contributed by atoms with Crippen LogP contribution in [0.2, 0.25) is 0 Å². The van der Waals surface area contributed by atoms with Crippen molar-refractivity contribution in [3.63, 3.8) is 0 Å². The normalized spacial score (nSPS) is 31.0. The molecule has 1 aromatic rings. The third kappa shape index (κ3) is 6.71. The van der Waals surface area contributed by atoms with Gasteiger partial charge in [-0.2, -0.15) is 0 Å². The van der Waals surface area contributed by atoms with Crippen LogP contribution in [0.15, 0.2) is 24.3 Å². The zero-order valence-electron chi connectivity index (χ0n) is 21.0. The molecule has 1 unspecified atom stereocenters. The van der Waals surface area contributed by atoms with Crippen LogP contribution in [0, 0.1) is 0 Å². The summed E-state index contributed by atoms with van der Waals surface area (Å²) >= 11 is 1.30. The van der Waals surface area contributed by atoms with Gasteiger partial charge in [-0.15, -0.1) is 0 Å². The maximum Gasteiger partial charge on any atom is 0.306 e. The molecule has 0 spiro atoms. The van der Waals surface area contributed by atoms with E-state index in [0.717, 1.165) is 37.0 Å². The van der Waals surface area contributed by atoms with Gasteiger partial charge < -0.3 is 23.8 Å². The summed E-state index contributed by atoms with van der Waals surface area (Å²) in [6.07, 6.45) is 10.00. The van der Waals surface area contributed by atoms with E-state index in [-0.39, 0.29) is 29.5 Å². The van der Waals surface area contributed by atoms with E-state index in [1.54, 1.807) is 14.2 Å². The Morgan fingerprint density at radius 3 is 2.43 bits per heavy atom. The molecule has 4 rings (SSSR count). The Labute approximate surface area is 213 Å². The van der Waals surface area contributed by atoms with Crippen molar-refractivity contribution < 1.29 is 28.5 Å². The third-order valence-corrected chi connectivity index (χ3v) is 8.41. The van der Waals surface area contributed by atoms with Crippen molar-refractivity contribution in [2.75, 3.05) is 20.0 Å². The number of hydrogen-bond acceptors (Lipinski definition) is 7. The van der Waals surface area contributed by atoms with E-state index in [9.17, 15) is 9.59 Å². The summed E-state index contributed by atoms with van der Waals surface area (Å²) in [5, 5.41) is 0.0173. The van der Waals surface area contributed by atoms with Gasteiger partial charge in [-0.05, 0) is 30.5 Å². The largest absolute Gasteiger partial charge is 0.497 e. The molecule has 2 bridgehead atoms. The number of thioether (sulfide) groups is 1. The molecule has 194 valence electrons. The average Bonchev–Trinajstić information content (AvgIpc) is 3.23. The smallest absolute Gasteiger partial charge is 0.306 e. The van der Waals surface area contributed by atoms with Crippen LogP contribution in [-0.4, -0.2) is 60.1 Å². The highest BCUT2D eigenvalue weighted by Gasteiger charge is 2.54. The molecule has 0 radical (unpaired) electrons. The molecule has 35 heavy (non-hydrogen) atoms. The Balaban J connectivity index is 1.54. The molecule has 3 fully saturated rings. The van der Waals surface area contributed by atoms with Gasteiger partial charge in [-0.1, -0.05) is 62.4 Å². The molecule has 4 atom stereocenters. The molecule has 0 aromatic heterocycles. The highest BCUT2D eigenvalue weighted by Crippen LogP contribution is 2.43. The molecule has 3 aliphatic rings. The van der Waals surface area contributed by atoms with Crippen molar-refractivity contribution in [1.29, 1.82) is 0 Å². The number of carbonyl (C=O) groups excluding carboxylic acids is 2. The second-order valence-corrected chi connectivity index (χ2v) is 10.9. The molecule has 3 aliphatic heterocycles. The Bertz CT molecular complexity index is 849. The van der Waals surface area contributed by atoms with Gasteiger partial charge in [0.15, 0.2) is 5.79 Å². The fourth-order valence-corrected chi connectivity index (χ4v) is 6.60. The van der Waals surface area contributed by atoms with Crippen LogP contribution in [-0.2, 0) is 25.5 Å². The number of hydrogen-bond donors (Lipinski definition) is 0. The number of ether oxygens (including phenoxy) is 4. The summed E-state index contributed by atoms with van der Waals surface area (Å²) < 4.78 is 24.0. The van der Waals surface area contributed by atoms with Crippen molar-refractivity contribution in [2.45, 2.75) is 101 Å². The van der Waals surface area contributed by atoms with Crippen LogP contribution in [0.5, 0.6) is 5.75 Å². The number of benzene rings is 1. The second kappa shape index (κ2) is 12.5. The molecule has 1 amide bonds. The fourth-order valence-electron chi connectivity index (χ4n) is 5.51. The van der Waals surface area contributed by atoms with Gasteiger partial charge in [-0.25, -0.2) is 0 Å². The standard InChI is InChI=1S/C27H39NO6S/c1-31-21-14-12-20(13-15-21)18-28-24(19-35-26(28)30)27(32-2)17-23-16-22(34-27)10-8-6-4-3-5-7-9-11-25(29)33-23/h12-15,22-24H,3-11,16-19H2,1-2H3/t22-,23?,24+,27-/m1/s1. The van der Waals surface area contributed by atoms with E-state index in [1.165, 1.54) is 37.4 Å². The predicted molar refractivity (Wildman–Crippen MR) is 135 cm³/mol. The van der Waals surface area contributed by atoms with Crippen molar-refractivity contribution in [2.24, 2.45) is 0 Å². The van der Waals surface area contributed by atoms with Crippen LogP contribution < -0.4 is 4.74 Å². The minimum absolute atomic E-state index is 0.0173. The molecule has 3 heterocycles. The lowest BCUT2D eigenvalue weighted by Gasteiger charge is -2.48. The minimum Gasteiger partial charge on any atom is -0.497 e. The lowest BCUT2D eigenvalue weighted by atomic mass is 9.90. The number of rotatable bonds is 5. The zero-order valence-corrected chi connectivity index (χ0v) is 21.9. The topological polar surface area (TPSA) is 74.3 Å². The summed E-state index contributed by atoms with van der Waals surface area (Å²) in [6.45, 7) is 0.462. The molecule has 0 aliphatic carbocycles. The van der Waals surface area contributed by atoms with Crippen molar-refractivity contribution in [1.82, 2.24) is 4.90 Å². The zero-order chi connectivity index (χ0) is 24.7. The number of carbonyl (C=O) groups is 2. The van der Waals surface area contributed by atoms with Crippen molar-refractivity contribution in [3.05, 3.63) is 29.8 Å². The first-order valence-corrected chi connectivity index (χ1v) is 14.0. The summed E-state index contributed by atoms with van der Waals surface area (Å²) in [6, 6.07) is 7.49. The number of amides is 1. The number of nitrogens with zero attached hydrogens (tertiary/aromatic N) is 1. The van der Waals surface area contributed by atoms with Gasteiger partial charge >= 0.3 is 5.97 Å². The summed E-state index contributed by atoms with van der Waals surface area (Å²) in [4.78, 5) is 27.4. The first-order chi connectivity index (χ1) is 17.0. The SMILES string of the molecule is COc1ccc(CN2C(=O)SC[C@H]2[C@@]2(OC)CC3C[C@@H](CCCCCCCCCC(=O)O3)O2)cc1. The molecule has 8 heteroatoms. The highest BCUT2D eigenvalue weighted by atomic mass is 32.2. The van der Waals surface area contributed by atoms with Crippen LogP contribution in [0.3, 0.4) is 0 Å². The first-order valence-electron chi connectivity index (χ1n) is 13.0. The molecule has 0 N–H and O–H groups in total. The Morgan fingerprint density at radius 2 is 1.71 bits per heavy atom. The maximum absolute atomic E-state index is 13.0. The average molecular weight is 506 g/mol. The summed E-state index contributed by atoms with van der Waals surface area (Å²) in [5.41, 5.74) is 1.02. The highest BCUT2D eigenvalue weighted by molar-refractivity contribution is 8.13. The monoisotopic (exact) mass is 505 g/mol. The fraction of sp³-hybridized carbons (Fsp3) is 0.704. The number of fused-ring (bicyclic) bond motifs is 2. The summed E-state index contributed by atoms with van der Waals surface area (Å²) in [5.74, 6) is 0.223. The quantitative estimate of drug-likeness (QED) is 0.476. The lowest BCUT2D eigenvalue weighted by Crippen LogP contribution is -2.60. The van der Waals surface area contributed by atoms with Gasteiger partial charge in [0, 0.05) is 38.7 Å². The molecule has 1 aromatic carbocycles. The van der Waals surface area contributed by atoms with Crippen LogP contribution in [0.25, 0.3) is 0 Å². The molecular weight excluding hydrogens is 466 g/mol.